The van der Waals surface area contributed by atoms with E-state index in [-0.39, 0.29) is 29.2 Å². The van der Waals surface area contributed by atoms with Gasteiger partial charge in [-0.05, 0) is 18.2 Å². The molecule has 1 saturated heterocycles. The van der Waals surface area contributed by atoms with Gasteiger partial charge in [0, 0.05) is 18.7 Å². The smallest absolute Gasteiger partial charge is 0.229 e. The third-order valence-electron chi connectivity index (χ3n) is 2.54. The van der Waals surface area contributed by atoms with Gasteiger partial charge in [-0.15, -0.1) is 0 Å². The summed E-state index contributed by atoms with van der Waals surface area (Å²) in [5.74, 6) is -1.33. The molecule has 1 atom stereocenters. The molecule has 0 aromatic heterocycles. The molecule has 1 aromatic rings. The van der Waals surface area contributed by atoms with E-state index >= 15 is 0 Å². The number of carbonyl (C=O) groups is 2. The van der Waals surface area contributed by atoms with Crippen molar-refractivity contribution >= 4 is 29.1 Å². The van der Waals surface area contributed by atoms with Gasteiger partial charge in [0.2, 0.25) is 11.8 Å². The largest absolute Gasteiger partial charge is 0.355 e. The summed E-state index contributed by atoms with van der Waals surface area (Å²) in [5, 5.41) is 5.11. The van der Waals surface area contributed by atoms with Crippen LogP contribution in [0.2, 0.25) is 5.02 Å². The standard InChI is InChI=1S/C11H10ClFN2O2/c12-8-4-7(1-2-9(8)13)15-11(17)6-3-10(16)14-5-6/h1-2,4,6H,3,5H2,(H,14,16)(H,15,17). The quantitative estimate of drug-likeness (QED) is 0.844. The number of hydrogen-bond acceptors (Lipinski definition) is 2. The van der Waals surface area contributed by atoms with E-state index in [2.05, 4.69) is 10.6 Å². The zero-order valence-electron chi connectivity index (χ0n) is 8.80. The molecule has 6 heteroatoms. The maximum absolute atomic E-state index is 12.9. The molecule has 0 radical (unpaired) electrons. The van der Waals surface area contributed by atoms with Gasteiger partial charge in [-0.2, -0.15) is 0 Å². The van der Waals surface area contributed by atoms with Crippen LogP contribution < -0.4 is 10.6 Å². The zero-order valence-corrected chi connectivity index (χ0v) is 9.55. The highest BCUT2D eigenvalue weighted by molar-refractivity contribution is 6.31. The van der Waals surface area contributed by atoms with Crippen molar-refractivity contribution in [3.63, 3.8) is 0 Å². The van der Waals surface area contributed by atoms with Gasteiger partial charge in [-0.3, -0.25) is 9.59 Å². The van der Waals surface area contributed by atoms with Crippen molar-refractivity contribution in [2.45, 2.75) is 6.42 Å². The molecule has 4 nitrogen and oxygen atoms in total. The van der Waals surface area contributed by atoms with Gasteiger partial charge < -0.3 is 10.6 Å². The SMILES string of the molecule is O=C1CC(C(=O)Nc2ccc(F)c(Cl)c2)CN1. The lowest BCUT2D eigenvalue weighted by Gasteiger charge is -2.09. The number of nitrogens with one attached hydrogen (secondary N) is 2. The average molecular weight is 257 g/mol. The van der Waals surface area contributed by atoms with Gasteiger partial charge in [0.25, 0.3) is 0 Å². The number of hydrogen-bond donors (Lipinski definition) is 2. The second kappa shape index (κ2) is 4.71. The molecular weight excluding hydrogens is 247 g/mol. The summed E-state index contributed by atoms with van der Waals surface area (Å²) in [7, 11) is 0. The molecule has 1 aromatic carbocycles. The van der Waals surface area contributed by atoms with Crippen LogP contribution in [0.4, 0.5) is 10.1 Å². The Labute approximate surface area is 102 Å². The van der Waals surface area contributed by atoms with E-state index in [9.17, 15) is 14.0 Å². The lowest BCUT2D eigenvalue weighted by atomic mass is 10.1. The van der Waals surface area contributed by atoms with Crippen LogP contribution in [0, 0.1) is 11.7 Å². The van der Waals surface area contributed by atoms with Gasteiger partial charge in [-0.1, -0.05) is 11.6 Å². The predicted octanol–water partition coefficient (Wildman–Crippen LogP) is 1.55. The fraction of sp³-hybridized carbons (Fsp3) is 0.273. The van der Waals surface area contributed by atoms with Crippen LogP contribution >= 0.6 is 11.6 Å². The maximum atomic E-state index is 12.9. The monoisotopic (exact) mass is 256 g/mol. The third-order valence-corrected chi connectivity index (χ3v) is 2.83. The predicted molar refractivity (Wildman–Crippen MR) is 61.2 cm³/mol. The topological polar surface area (TPSA) is 58.2 Å². The van der Waals surface area contributed by atoms with E-state index < -0.39 is 5.82 Å². The van der Waals surface area contributed by atoms with Crippen LogP contribution in [0.5, 0.6) is 0 Å². The van der Waals surface area contributed by atoms with Crippen molar-refractivity contribution in [3.8, 4) is 0 Å². The van der Waals surface area contributed by atoms with Crippen LogP contribution in [0.25, 0.3) is 0 Å². The Morgan fingerprint density at radius 1 is 1.53 bits per heavy atom. The van der Waals surface area contributed by atoms with Gasteiger partial charge in [0.1, 0.15) is 5.82 Å². The molecule has 1 heterocycles. The Balaban J connectivity index is 2.03. The van der Waals surface area contributed by atoms with Crippen molar-refractivity contribution in [1.29, 1.82) is 0 Å². The molecular formula is C11H10ClFN2O2. The van der Waals surface area contributed by atoms with Gasteiger partial charge in [0.05, 0.1) is 10.9 Å². The molecule has 17 heavy (non-hydrogen) atoms. The Kier molecular flexibility index (Phi) is 3.28. The average Bonchev–Trinajstić information content (AvgIpc) is 2.70. The minimum atomic E-state index is -0.539. The Bertz CT molecular complexity index is 479. The van der Waals surface area contributed by atoms with Crippen molar-refractivity contribution in [2.75, 3.05) is 11.9 Å². The number of carbonyl (C=O) groups excluding carboxylic acids is 2. The molecule has 0 spiro atoms. The minimum absolute atomic E-state index is 0.0524. The number of anilines is 1. The fourth-order valence-electron chi connectivity index (χ4n) is 1.61. The van der Waals surface area contributed by atoms with E-state index in [1.165, 1.54) is 18.2 Å². The molecule has 1 aliphatic heterocycles. The summed E-state index contributed by atoms with van der Waals surface area (Å²) in [6, 6.07) is 3.93. The summed E-state index contributed by atoms with van der Waals surface area (Å²) in [6.45, 7) is 0.333. The number of halogens is 2. The van der Waals surface area contributed by atoms with Crippen molar-refractivity contribution in [2.24, 2.45) is 5.92 Å². The van der Waals surface area contributed by atoms with Gasteiger partial charge in [0.15, 0.2) is 0 Å². The highest BCUT2D eigenvalue weighted by atomic mass is 35.5. The first-order valence-electron chi connectivity index (χ1n) is 5.09. The molecule has 0 saturated carbocycles. The lowest BCUT2D eigenvalue weighted by Crippen LogP contribution is -2.24. The number of benzene rings is 1. The van der Waals surface area contributed by atoms with Crippen LogP contribution in [0.3, 0.4) is 0 Å². The Morgan fingerprint density at radius 3 is 2.88 bits per heavy atom. The highest BCUT2D eigenvalue weighted by Gasteiger charge is 2.27. The van der Waals surface area contributed by atoms with Gasteiger partial charge in [-0.25, -0.2) is 4.39 Å². The summed E-state index contributed by atoms with van der Waals surface area (Å²) in [5.41, 5.74) is 0.417. The third kappa shape index (κ3) is 2.74. The molecule has 1 fully saturated rings. The number of rotatable bonds is 2. The van der Waals surface area contributed by atoms with E-state index in [1.807, 2.05) is 0 Å². The summed E-state index contributed by atoms with van der Waals surface area (Å²) in [4.78, 5) is 22.7. The van der Waals surface area contributed by atoms with Crippen LogP contribution in [-0.2, 0) is 9.59 Å². The van der Waals surface area contributed by atoms with Crippen LogP contribution in [-0.4, -0.2) is 18.4 Å². The molecule has 2 amide bonds. The summed E-state index contributed by atoms with van der Waals surface area (Å²) >= 11 is 5.59. The van der Waals surface area contributed by atoms with Crippen molar-refractivity contribution < 1.29 is 14.0 Å². The molecule has 2 N–H and O–H groups in total. The second-order valence-corrected chi connectivity index (χ2v) is 4.23. The molecule has 1 unspecified atom stereocenters. The van der Waals surface area contributed by atoms with Crippen molar-refractivity contribution in [3.05, 3.63) is 29.0 Å². The van der Waals surface area contributed by atoms with Crippen LogP contribution in [0.15, 0.2) is 18.2 Å². The zero-order chi connectivity index (χ0) is 12.4. The lowest BCUT2D eigenvalue weighted by molar-refractivity contribution is -0.123. The van der Waals surface area contributed by atoms with E-state index in [0.717, 1.165) is 0 Å². The fourth-order valence-corrected chi connectivity index (χ4v) is 1.79. The minimum Gasteiger partial charge on any atom is -0.355 e. The summed E-state index contributed by atoms with van der Waals surface area (Å²) < 4.78 is 12.9. The highest BCUT2D eigenvalue weighted by Crippen LogP contribution is 2.20. The Hall–Kier alpha value is -1.62. The van der Waals surface area contributed by atoms with E-state index in [1.54, 1.807) is 0 Å². The number of amides is 2. The van der Waals surface area contributed by atoms with Crippen molar-refractivity contribution in [1.82, 2.24) is 5.32 Å². The maximum Gasteiger partial charge on any atom is 0.229 e. The molecule has 0 aliphatic carbocycles. The van der Waals surface area contributed by atoms with Gasteiger partial charge >= 0.3 is 0 Å². The van der Waals surface area contributed by atoms with E-state index in [4.69, 9.17) is 11.6 Å². The molecule has 1 aliphatic rings. The first-order valence-corrected chi connectivity index (χ1v) is 5.46. The molecule has 90 valence electrons. The van der Waals surface area contributed by atoms with E-state index in [0.29, 0.717) is 12.2 Å². The Morgan fingerprint density at radius 2 is 2.29 bits per heavy atom. The first-order chi connectivity index (χ1) is 8.06. The second-order valence-electron chi connectivity index (χ2n) is 3.82. The first kappa shape index (κ1) is 11.9. The normalized spacial score (nSPS) is 18.9. The summed E-state index contributed by atoms with van der Waals surface area (Å²) in [6.07, 6.45) is 0.181. The molecule has 2 rings (SSSR count). The van der Waals surface area contributed by atoms with Crippen LogP contribution in [0.1, 0.15) is 6.42 Å². The molecule has 0 bridgehead atoms.